The fourth-order valence-electron chi connectivity index (χ4n) is 2.17. The Morgan fingerprint density at radius 3 is 2.30 bits per heavy atom. The first-order chi connectivity index (χ1) is 9.31. The van der Waals surface area contributed by atoms with Gasteiger partial charge in [-0.25, -0.2) is 13.1 Å². The van der Waals surface area contributed by atoms with Crippen molar-refractivity contribution < 1.29 is 18.3 Å². The molecule has 1 unspecified atom stereocenters. The van der Waals surface area contributed by atoms with Crippen molar-refractivity contribution in [2.75, 3.05) is 13.7 Å². The molecule has 0 saturated heterocycles. The van der Waals surface area contributed by atoms with Crippen LogP contribution in [-0.2, 0) is 10.0 Å². The molecule has 0 saturated carbocycles. The van der Waals surface area contributed by atoms with Crippen LogP contribution in [0.4, 0.5) is 0 Å². The monoisotopic (exact) mass is 301 g/mol. The van der Waals surface area contributed by atoms with Gasteiger partial charge in [-0.3, -0.25) is 0 Å². The van der Waals surface area contributed by atoms with Crippen LogP contribution < -0.4 is 9.46 Å². The number of benzene rings is 1. The molecular formula is C14H23NO4S. The predicted octanol–water partition coefficient (Wildman–Crippen LogP) is 1.75. The van der Waals surface area contributed by atoms with Gasteiger partial charge in [0, 0.05) is 6.54 Å². The van der Waals surface area contributed by atoms with Crippen LogP contribution in [0.1, 0.15) is 30.9 Å². The van der Waals surface area contributed by atoms with Crippen molar-refractivity contribution in [2.24, 2.45) is 0 Å². The number of aliphatic hydroxyl groups is 1. The lowest BCUT2D eigenvalue weighted by molar-refractivity contribution is 0.167. The Bertz CT molecular complexity index is 531. The van der Waals surface area contributed by atoms with Crippen molar-refractivity contribution in [1.82, 2.24) is 4.72 Å². The van der Waals surface area contributed by atoms with Gasteiger partial charge in [0.25, 0.3) is 0 Å². The number of ether oxygens (including phenoxy) is 1. The minimum Gasteiger partial charge on any atom is -0.497 e. The molecule has 0 fully saturated rings. The molecule has 1 aromatic rings. The molecule has 0 amide bonds. The minimum absolute atomic E-state index is 0.0289. The van der Waals surface area contributed by atoms with E-state index in [2.05, 4.69) is 4.72 Å². The molecule has 0 spiro atoms. The number of hydrogen-bond acceptors (Lipinski definition) is 4. The third-order valence-corrected chi connectivity index (χ3v) is 4.80. The van der Waals surface area contributed by atoms with Crippen LogP contribution in [0, 0.1) is 13.8 Å². The summed E-state index contributed by atoms with van der Waals surface area (Å²) in [4.78, 5) is 0.252. The largest absolute Gasteiger partial charge is 0.497 e. The molecule has 6 heteroatoms. The maximum atomic E-state index is 12.3. The highest BCUT2D eigenvalue weighted by Crippen LogP contribution is 2.25. The van der Waals surface area contributed by atoms with Gasteiger partial charge in [-0.1, -0.05) is 13.3 Å². The summed E-state index contributed by atoms with van der Waals surface area (Å²) in [6.45, 7) is 5.43. The first kappa shape index (κ1) is 16.9. The first-order valence-electron chi connectivity index (χ1n) is 6.64. The molecule has 1 atom stereocenters. The quantitative estimate of drug-likeness (QED) is 0.804. The second kappa shape index (κ2) is 7.06. The molecular weight excluding hydrogens is 278 g/mol. The van der Waals surface area contributed by atoms with E-state index in [0.717, 1.165) is 6.42 Å². The third kappa shape index (κ3) is 4.19. The fraction of sp³-hybridized carbons (Fsp3) is 0.571. The number of aryl methyl sites for hydroxylation is 2. The van der Waals surface area contributed by atoms with Gasteiger partial charge in [-0.05, 0) is 43.5 Å². The Kier molecular flexibility index (Phi) is 5.98. The summed E-state index contributed by atoms with van der Waals surface area (Å²) in [6.07, 6.45) is 0.723. The van der Waals surface area contributed by atoms with E-state index < -0.39 is 16.1 Å². The van der Waals surface area contributed by atoms with Crippen molar-refractivity contribution in [2.45, 2.75) is 44.6 Å². The number of rotatable bonds is 7. The van der Waals surface area contributed by atoms with E-state index in [4.69, 9.17) is 4.74 Å². The lowest BCUT2D eigenvalue weighted by atomic mass is 10.1. The summed E-state index contributed by atoms with van der Waals surface area (Å²) < 4.78 is 32.2. The smallest absolute Gasteiger partial charge is 0.241 e. The standard InChI is InChI=1S/C14H23NO4S/c1-5-6-12(16)9-15-20(17,18)14-10(2)7-13(19-4)8-11(14)3/h7-8,12,15-16H,5-6,9H2,1-4H3. The average Bonchev–Trinajstić information content (AvgIpc) is 2.35. The van der Waals surface area contributed by atoms with Gasteiger partial charge in [0.2, 0.25) is 10.0 Å². The van der Waals surface area contributed by atoms with Gasteiger partial charge >= 0.3 is 0 Å². The molecule has 0 aliphatic carbocycles. The van der Waals surface area contributed by atoms with Crippen molar-refractivity contribution >= 4 is 10.0 Å². The number of nitrogens with one attached hydrogen (secondary N) is 1. The Morgan fingerprint density at radius 2 is 1.85 bits per heavy atom. The van der Waals surface area contributed by atoms with Crippen LogP contribution in [0.15, 0.2) is 17.0 Å². The second-order valence-electron chi connectivity index (χ2n) is 4.88. The van der Waals surface area contributed by atoms with Crippen molar-refractivity contribution in [3.8, 4) is 5.75 Å². The topological polar surface area (TPSA) is 75.6 Å². The van der Waals surface area contributed by atoms with E-state index >= 15 is 0 Å². The summed E-state index contributed by atoms with van der Waals surface area (Å²) >= 11 is 0. The Labute approximate surface area is 121 Å². The SMILES string of the molecule is CCCC(O)CNS(=O)(=O)c1c(C)cc(OC)cc1C. The van der Waals surface area contributed by atoms with Crippen molar-refractivity contribution in [1.29, 1.82) is 0 Å². The van der Waals surface area contributed by atoms with E-state index in [1.54, 1.807) is 33.1 Å². The molecule has 0 heterocycles. The van der Waals surface area contributed by atoms with Crippen LogP contribution in [0.5, 0.6) is 5.75 Å². The summed E-state index contributed by atoms with van der Waals surface area (Å²) in [5, 5.41) is 9.63. The van der Waals surface area contributed by atoms with Crippen molar-refractivity contribution in [3.05, 3.63) is 23.3 Å². The van der Waals surface area contributed by atoms with E-state index in [-0.39, 0.29) is 11.4 Å². The number of methoxy groups -OCH3 is 1. The Hall–Kier alpha value is -1.11. The molecule has 0 radical (unpaired) electrons. The molecule has 5 nitrogen and oxygen atoms in total. The lowest BCUT2D eigenvalue weighted by Crippen LogP contribution is -2.32. The predicted molar refractivity (Wildman–Crippen MR) is 78.6 cm³/mol. The number of hydrogen-bond donors (Lipinski definition) is 2. The minimum atomic E-state index is -3.63. The summed E-state index contributed by atoms with van der Waals surface area (Å²) in [5.41, 5.74) is 1.25. The maximum Gasteiger partial charge on any atom is 0.241 e. The molecule has 2 N–H and O–H groups in total. The van der Waals surface area contributed by atoms with Gasteiger partial charge in [0.05, 0.1) is 18.1 Å². The zero-order chi connectivity index (χ0) is 15.3. The highest BCUT2D eigenvalue weighted by atomic mass is 32.2. The van der Waals surface area contributed by atoms with E-state index in [1.165, 1.54) is 0 Å². The number of sulfonamides is 1. The van der Waals surface area contributed by atoms with Crippen molar-refractivity contribution in [3.63, 3.8) is 0 Å². The number of aliphatic hydroxyl groups excluding tert-OH is 1. The molecule has 0 aromatic heterocycles. The molecule has 20 heavy (non-hydrogen) atoms. The average molecular weight is 301 g/mol. The molecule has 1 aromatic carbocycles. The molecule has 1 rings (SSSR count). The summed E-state index contributed by atoms with van der Waals surface area (Å²) in [5.74, 6) is 0.630. The summed E-state index contributed by atoms with van der Waals surface area (Å²) in [6, 6.07) is 3.37. The van der Waals surface area contributed by atoms with E-state index in [1.807, 2.05) is 6.92 Å². The van der Waals surface area contributed by atoms with E-state index in [0.29, 0.717) is 23.3 Å². The normalized spacial score (nSPS) is 13.2. The van der Waals surface area contributed by atoms with E-state index in [9.17, 15) is 13.5 Å². The van der Waals surface area contributed by atoms with Crippen LogP contribution >= 0.6 is 0 Å². The third-order valence-electron chi connectivity index (χ3n) is 3.07. The van der Waals surface area contributed by atoms with Gasteiger partial charge in [0.15, 0.2) is 0 Å². The molecule has 114 valence electrons. The highest BCUT2D eigenvalue weighted by molar-refractivity contribution is 7.89. The Balaban J connectivity index is 2.98. The first-order valence-corrected chi connectivity index (χ1v) is 8.13. The van der Waals surface area contributed by atoms with Gasteiger partial charge in [-0.15, -0.1) is 0 Å². The molecule has 0 bridgehead atoms. The zero-order valence-corrected chi connectivity index (χ0v) is 13.3. The second-order valence-corrected chi connectivity index (χ2v) is 6.59. The molecule has 0 aliphatic heterocycles. The fourth-order valence-corrected chi connectivity index (χ4v) is 3.69. The van der Waals surface area contributed by atoms with Crippen LogP contribution in [-0.4, -0.2) is 33.3 Å². The van der Waals surface area contributed by atoms with Gasteiger partial charge in [-0.2, -0.15) is 0 Å². The highest BCUT2D eigenvalue weighted by Gasteiger charge is 2.21. The zero-order valence-electron chi connectivity index (χ0n) is 12.4. The van der Waals surface area contributed by atoms with Crippen LogP contribution in [0.25, 0.3) is 0 Å². The lowest BCUT2D eigenvalue weighted by Gasteiger charge is -2.15. The maximum absolute atomic E-state index is 12.3. The van der Waals surface area contributed by atoms with Crippen LogP contribution in [0.3, 0.4) is 0 Å². The van der Waals surface area contributed by atoms with Crippen LogP contribution in [0.2, 0.25) is 0 Å². The Morgan fingerprint density at radius 1 is 1.30 bits per heavy atom. The molecule has 0 aliphatic rings. The van der Waals surface area contributed by atoms with Gasteiger partial charge in [0.1, 0.15) is 5.75 Å². The summed E-state index contributed by atoms with van der Waals surface area (Å²) in [7, 11) is -2.08. The van der Waals surface area contributed by atoms with Gasteiger partial charge < -0.3 is 9.84 Å².